The fourth-order valence-corrected chi connectivity index (χ4v) is 1.34. The molecule has 1 aromatic carbocycles. The third-order valence-corrected chi connectivity index (χ3v) is 2.41. The zero-order chi connectivity index (χ0) is 17.3. The number of alkyl halides is 6. The molecule has 3 nitrogen and oxygen atoms in total. The Labute approximate surface area is 117 Å². The van der Waals surface area contributed by atoms with E-state index in [0.717, 1.165) is 0 Å². The molecule has 0 fully saturated rings. The molecule has 1 rings (SSSR count). The average molecular weight is 338 g/mol. The monoisotopic (exact) mass is 338 g/mol. The van der Waals surface area contributed by atoms with E-state index in [1.54, 1.807) is 0 Å². The predicted molar refractivity (Wildman–Crippen MR) is 53.2 cm³/mol. The lowest BCUT2D eigenvalue weighted by molar-refractivity contribution is -0.357. The van der Waals surface area contributed by atoms with E-state index in [-0.39, 0.29) is 0 Å². The molecule has 0 aliphatic carbocycles. The SMILES string of the molecule is O=C(OCc1cc(F)cc(F)c1)C(O)(C(F)(F)F)C(F)(F)F. The second kappa shape index (κ2) is 5.71. The molecular formula is C11H6F8O3. The summed E-state index contributed by atoms with van der Waals surface area (Å²) in [5, 5.41) is 8.67. The van der Waals surface area contributed by atoms with Gasteiger partial charge in [-0.05, 0) is 17.7 Å². The Hall–Kier alpha value is -1.91. The summed E-state index contributed by atoms with van der Waals surface area (Å²) in [6.45, 7) is -1.30. The second-order valence-corrected chi connectivity index (χ2v) is 4.06. The maximum absolute atomic E-state index is 12.8. The lowest BCUT2D eigenvalue weighted by atomic mass is 10.0. The van der Waals surface area contributed by atoms with Gasteiger partial charge in [0.25, 0.3) is 0 Å². The van der Waals surface area contributed by atoms with Crippen LogP contribution in [0.3, 0.4) is 0 Å². The van der Waals surface area contributed by atoms with Crippen LogP contribution in [0.25, 0.3) is 0 Å². The normalized spacial score (nSPS) is 13.1. The Bertz CT molecular complexity index is 529. The standard InChI is InChI=1S/C11H6F8O3/c12-6-1-5(2-7(13)3-6)4-22-8(20)9(21,10(14,15)16)11(17,18)19/h1-3,21H,4H2. The molecule has 1 N–H and O–H groups in total. The first kappa shape index (κ1) is 18.1. The second-order valence-electron chi connectivity index (χ2n) is 4.06. The van der Waals surface area contributed by atoms with Crippen molar-refractivity contribution in [2.75, 3.05) is 0 Å². The van der Waals surface area contributed by atoms with Gasteiger partial charge < -0.3 is 9.84 Å². The summed E-state index contributed by atoms with van der Waals surface area (Å²) in [6.07, 6.45) is -12.8. The van der Waals surface area contributed by atoms with Crippen LogP contribution in [0.15, 0.2) is 18.2 Å². The maximum atomic E-state index is 12.8. The van der Waals surface area contributed by atoms with E-state index in [2.05, 4.69) is 4.74 Å². The first-order chi connectivity index (χ1) is 9.79. The van der Waals surface area contributed by atoms with E-state index in [0.29, 0.717) is 18.2 Å². The van der Waals surface area contributed by atoms with Crippen molar-refractivity contribution in [3.63, 3.8) is 0 Å². The molecule has 0 atom stereocenters. The van der Waals surface area contributed by atoms with E-state index in [4.69, 9.17) is 5.11 Å². The number of aliphatic hydroxyl groups is 1. The van der Waals surface area contributed by atoms with E-state index in [1.165, 1.54) is 0 Å². The average Bonchev–Trinajstić information content (AvgIpc) is 2.30. The lowest BCUT2D eigenvalue weighted by Crippen LogP contribution is -2.62. The van der Waals surface area contributed by atoms with E-state index in [1.807, 2.05) is 0 Å². The number of halogens is 8. The van der Waals surface area contributed by atoms with E-state index >= 15 is 0 Å². The van der Waals surface area contributed by atoms with Crippen LogP contribution in [0.5, 0.6) is 0 Å². The van der Waals surface area contributed by atoms with Gasteiger partial charge in [0.2, 0.25) is 0 Å². The molecular weight excluding hydrogens is 332 g/mol. The Morgan fingerprint density at radius 1 is 0.955 bits per heavy atom. The van der Waals surface area contributed by atoms with Gasteiger partial charge in [0.05, 0.1) is 0 Å². The highest BCUT2D eigenvalue weighted by Crippen LogP contribution is 2.43. The van der Waals surface area contributed by atoms with Gasteiger partial charge in [0.1, 0.15) is 18.2 Å². The number of esters is 1. The minimum Gasteiger partial charge on any atom is -0.458 e. The first-order valence-corrected chi connectivity index (χ1v) is 5.27. The molecule has 0 bridgehead atoms. The number of carbonyl (C=O) groups is 1. The third-order valence-electron chi connectivity index (χ3n) is 2.41. The maximum Gasteiger partial charge on any atom is 0.437 e. The van der Waals surface area contributed by atoms with Crippen molar-refractivity contribution in [3.05, 3.63) is 35.4 Å². The lowest BCUT2D eigenvalue weighted by Gasteiger charge is -2.29. The number of benzene rings is 1. The molecule has 0 saturated heterocycles. The van der Waals surface area contributed by atoms with Gasteiger partial charge in [-0.25, -0.2) is 13.6 Å². The topological polar surface area (TPSA) is 46.5 Å². The number of hydrogen-bond acceptors (Lipinski definition) is 3. The summed E-state index contributed by atoms with van der Waals surface area (Å²) in [5.41, 5.74) is -6.29. The molecule has 0 amide bonds. The molecule has 0 unspecified atom stereocenters. The van der Waals surface area contributed by atoms with Crippen LogP contribution in [0.1, 0.15) is 5.56 Å². The highest BCUT2D eigenvalue weighted by molar-refractivity contribution is 5.81. The number of hydrogen-bond donors (Lipinski definition) is 1. The summed E-state index contributed by atoms with van der Waals surface area (Å²) in [4.78, 5) is 11.0. The van der Waals surface area contributed by atoms with Crippen molar-refractivity contribution >= 4 is 5.97 Å². The van der Waals surface area contributed by atoms with Crippen LogP contribution < -0.4 is 0 Å². The molecule has 0 aliphatic heterocycles. The Morgan fingerprint density at radius 2 is 1.36 bits per heavy atom. The molecule has 124 valence electrons. The van der Waals surface area contributed by atoms with Crippen molar-refractivity contribution in [2.45, 2.75) is 24.6 Å². The minimum absolute atomic E-state index is 0.382. The quantitative estimate of drug-likeness (QED) is 0.681. The van der Waals surface area contributed by atoms with Crippen LogP contribution in [0.2, 0.25) is 0 Å². The Morgan fingerprint density at radius 3 is 1.73 bits per heavy atom. The fraction of sp³-hybridized carbons (Fsp3) is 0.364. The van der Waals surface area contributed by atoms with Crippen molar-refractivity contribution in [1.82, 2.24) is 0 Å². The van der Waals surface area contributed by atoms with Gasteiger partial charge in [0.15, 0.2) is 0 Å². The van der Waals surface area contributed by atoms with Gasteiger partial charge in [-0.2, -0.15) is 26.3 Å². The molecule has 0 aromatic heterocycles. The fourth-order valence-electron chi connectivity index (χ4n) is 1.34. The van der Waals surface area contributed by atoms with Gasteiger partial charge in [-0.1, -0.05) is 0 Å². The molecule has 1 aromatic rings. The Balaban J connectivity index is 2.99. The summed E-state index contributed by atoms with van der Waals surface area (Å²) < 4.78 is 103. The van der Waals surface area contributed by atoms with E-state index < -0.39 is 47.7 Å². The highest BCUT2D eigenvalue weighted by atomic mass is 19.4. The summed E-state index contributed by atoms with van der Waals surface area (Å²) in [7, 11) is 0. The molecule has 0 heterocycles. The molecule has 22 heavy (non-hydrogen) atoms. The smallest absolute Gasteiger partial charge is 0.437 e. The van der Waals surface area contributed by atoms with Crippen molar-refractivity contribution in [1.29, 1.82) is 0 Å². The molecule has 0 aliphatic rings. The number of ether oxygens (including phenoxy) is 1. The van der Waals surface area contributed by atoms with Crippen LogP contribution >= 0.6 is 0 Å². The Kier molecular flexibility index (Phi) is 4.70. The van der Waals surface area contributed by atoms with Crippen molar-refractivity contribution in [2.24, 2.45) is 0 Å². The summed E-state index contributed by atoms with van der Waals surface area (Å²) in [5.74, 6) is -5.43. The zero-order valence-corrected chi connectivity index (χ0v) is 10.2. The van der Waals surface area contributed by atoms with Gasteiger partial charge in [-0.15, -0.1) is 0 Å². The van der Waals surface area contributed by atoms with Gasteiger partial charge in [0, 0.05) is 6.07 Å². The number of carbonyl (C=O) groups excluding carboxylic acids is 1. The molecule has 0 radical (unpaired) electrons. The van der Waals surface area contributed by atoms with Crippen LogP contribution in [0, 0.1) is 11.6 Å². The summed E-state index contributed by atoms with van der Waals surface area (Å²) >= 11 is 0. The van der Waals surface area contributed by atoms with Crippen molar-refractivity contribution in [3.8, 4) is 0 Å². The van der Waals surface area contributed by atoms with Gasteiger partial charge >= 0.3 is 23.9 Å². The molecule has 11 heteroatoms. The van der Waals surface area contributed by atoms with E-state index in [9.17, 15) is 39.9 Å². The predicted octanol–water partition coefficient (Wildman–Crippen LogP) is 2.86. The number of rotatable bonds is 3. The summed E-state index contributed by atoms with van der Waals surface area (Å²) in [6, 6.07) is 1.43. The van der Waals surface area contributed by atoms with Gasteiger partial charge in [-0.3, -0.25) is 0 Å². The van der Waals surface area contributed by atoms with Crippen LogP contribution in [-0.4, -0.2) is 29.0 Å². The zero-order valence-electron chi connectivity index (χ0n) is 10.2. The van der Waals surface area contributed by atoms with Crippen molar-refractivity contribution < 1.29 is 49.8 Å². The van der Waals surface area contributed by atoms with Crippen LogP contribution in [0.4, 0.5) is 35.1 Å². The molecule has 0 saturated carbocycles. The molecule has 0 spiro atoms. The highest BCUT2D eigenvalue weighted by Gasteiger charge is 2.76. The van der Waals surface area contributed by atoms with Crippen LogP contribution in [-0.2, 0) is 16.1 Å². The third kappa shape index (κ3) is 3.46. The first-order valence-electron chi connectivity index (χ1n) is 5.27. The minimum atomic E-state index is -6.39. The largest absolute Gasteiger partial charge is 0.458 e.